The first kappa shape index (κ1) is 25.3. The van der Waals surface area contributed by atoms with Gasteiger partial charge in [0.05, 0.1) is 36.0 Å². The molecule has 1 aromatic carbocycles. The molecule has 0 radical (unpaired) electrons. The molecule has 1 fully saturated rings. The summed E-state index contributed by atoms with van der Waals surface area (Å²) in [6.45, 7) is 2.45. The van der Waals surface area contributed by atoms with E-state index in [9.17, 15) is 15.2 Å². The maximum atomic E-state index is 12.8. The number of nitrogens with zero attached hydrogens (tertiary/aromatic N) is 8. The molecular weight excluding hydrogens is 504 g/mol. The molecule has 1 aliphatic heterocycles. The lowest BCUT2D eigenvalue weighted by atomic mass is 10.0. The topological polar surface area (TPSA) is 116 Å². The summed E-state index contributed by atoms with van der Waals surface area (Å²) in [5.41, 5.74) is 5.60. The zero-order chi connectivity index (χ0) is 27.6. The summed E-state index contributed by atoms with van der Waals surface area (Å²) in [6.07, 6.45) is 8.30. The van der Waals surface area contributed by atoms with Gasteiger partial charge in [-0.15, -0.1) is 0 Å². The van der Waals surface area contributed by atoms with Crippen LogP contribution in [0.25, 0.3) is 27.8 Å². The molecule has 1 atom stereocenters. The Labute approximate surface area is 231 Å². The molecule has 0 saturated carbocycles. The van der Waals surface area contributed by atoms with Crippen molar-refractivity contribution in [3.63, 3.8) is 0 Å². The van der Waals surface area contributed by atoms with Crippen LogP contribution in [0.5, 0.6) is 0 Å². The fraction of sp³-hybridized carbons (Fsp3) is 0.233. The Bertz CT molecular complexity index is 1690. The first-order valence-electron chi connectivity index (χ1n) is 13.1. The quantitative estimate of drug-likeness (QED) is 0.356. The van der Waals surface area contributed by atoms with Gasteiger partial charge in [0.2, 0.25) is 5.91 Å². The summed E-state index contributed by atoms with van der Waals surface area (Å²) in [7, 11) is 1.87. The molecule has 40 heavy (non-hydrogen) atoms. The van der Waals surface area contributed by atoms with Crippen LogP contribution >= 0.6 is 0 Å². The van der Waals surface area contributed by atoms with Crippen LogP contribution in [0.15, 0.2) is 79.5 Å². The first-order chi connectivity index (χ1) is 19.5. The number of hydrogen-bond donors (Lipinski definition) is 1. The molecule has 0 aliphatic carbocycles. The average molecular weight is 533 g/mol. The molecule has 200 valence electrons. The molecule has 10 heteroatoms. The van der Waals surface area contributed by atoms with Crippen LogP contribution < -0.4 is 4.90 Å². The number of piperazine rings is 1. The Hall–Kier alpha value is -5.01. The fourth-order valence-electron chi connectivity index (χ4n) is 5.16. The van der Waals surface area contributed by atoms with Gasteiger partial charge in [-0.3, -0.25) is 9.48 Å². The summed E-state index contributed by atoms with van der Waals surface area (Å²) in [5.74, 6) is 0.777. The van der Waals surface area contributed by atoms with E-state index in [-0.39, 0.29) is 12.3 Å². The van der Waals surface area contributed by atoms with Crippen molar-refractivity contribution >= 4 is 17.2 Å². The standard InChI is InChI=1S/C30H28N8O2/c1-35-19-25(18-33-35)23-13-26(30-24(15-31)17-34-38(30)20-23)22-7-8-28(32-16-22)36-9-11-37(12-10-36)29(40)14-27(39)21-5-3-2-4-6-21/h2-8,13,16-20,27,39H,9-12,14H2,1H3. The van der Waals surface area contributed by atoms with Crippen molar-refractivity contribution in [2.24, 2.45) is 7.05 Å². The number of carbonyl (C=O) groups excluding carboxylic acids is 1. The third kappa shape index (κ3) is 4.90. The molecule has 5 aromatic rings. The number of rotatable bonds is 6. The zero-order valence-electron chi connectivity index (χ0n) is 22.1. The number of anilines is 1. The fourth-order valence-corrected chi connectivity index (χ4v) is 5.16. The van der Waals surface area contributed by atoms with Crippen molar-refractivity contribution in [1.82, 2.24) is 29.3 Å². The molecule has 0 bridgehead atoms. The number of amides is 1. The third-order valence-electron chi connectivity index (χ3n) is 7.34. The molecule has 10 nitrogen and oxygen atoms in total. The van der Waals surface area contributed by atoms with E-state index in [4.69, 9.17) is 4.98 Å². The van der Waals surface area contributed by atoms with Crippen LogP contribution in [0.3, 0.4) is 0 Å². The number of carbonyl (C=O) groups is 1. The lowest BCUT2D eigenvalue weighted by Crippen LogP contribution is -2.49. The van der Waals surface area contributed by atoms with E-state index in [2.05, 4.69) is 21.2 Å². The minimum atomic E-state index is -0.804. The summed E-state index contributed by atoms with van der Waals surface area (Å²) in [5, 5.41) is 28.8. The number of hydrogen-bond acceptors (Lipinski definition) is 7. The van der Waals surface area contributed by atoms with Gasteiger partial charge >= 0.3 is 0 Å². The average Bonchev–Trinajstić information content (AvgIpc) is 3.63. The molecule has 5 heterocycles. The summed E-state index contributed by atoms with van der Waals surface area (Å²) in [6, 6.07) is 17.5. The van der Waals surface area contributed by atoms with E-state index in [1.165, 1.54) is 0 Å². The number of nitriles is 1. The molecule has 6 rings (SSSR count). The number of aliphatic hydroxyl groups excluding tert-OH is 1. The highest BCUT2D eigenvalue weighted by Gasteiger charge is 2.24. The second-order valence-electron chi connectivity index (χ2n) is 9.91. The van der Waals surface area contributed by atoms with Gasteiger partial charge in [0.15, 0.2) is 0 Å². The van der Waals surface area contributed by atoms with Crippen molar-refractivity contribution in [1.29, 1.82) is 5.26 Å². The lowest BCUT2D eigenvalue weighted by molar-refractivity contribution is -0.133. The molecule has 1 N–H and O–H groups in total. The highest BCUT2D eigenvalue weighted by Crippen LogP contribution is 2.32. The van der Waals surface area contributed by atoms with Crippen molar-refractivity contribution in [2.45, 2.75) is 12.5 Å². The number of aliphatic hydroxyl groups is 1. The molecular formula is C30H28N8O2. The number of aryl methyl sites for hydroxylation is 1. The van der Waals surface area contributed by atoms with E-state index in [1.807, 2.05) is 74.2 Å². The molecule has 1 saturated heterocycles. The molecule has 1 unspecified atom stereocenters. The predicted molar refractivity (Wildman–Crippen MR) is 150 cm³/mol. The second kappa shape index (κ2) is 10.6. The number of aromatic nitrogens is 5. The van der Waals surface area contributed by atoms with E-state index in [0.717, 1.165) is 39.2 Å². The van der Waals surface area contributed by atoms with E-state index in [1.54, 1.807) is 26.5 Å². The van der Waals surface area contributed by atoms with Gasteiger partial charge in [0.25, 0.3) is 0 Å². The Kier molecular flexibility index (Phi) is 6.72. The van der Waals surface area contributed by atoms with E-state index < -0.39 is 6.10 Å². The van der Waals surface area contributed by atoms with Crippen molar-refractivity contribution in [2.75, 3.05) is 31.1 Å². The summed E-state index contributed by atoms with van der Waals surface area (Å²) < 4.78 is 3.48. The van der Waals surface area contributed by atoms with Crippen LogP contribution in [0.4, 0.5) is 5.82 Å². The number of benzene rings is 1. The van der Waals surface area contributed by atoms with Crippen molar-refractivity contribution < 1.29 is 9.90 Å². The normalized spacial score (nSPS) is 14.3. The van der Waals surface area contributed by atoms with Crippen LogP contribution in [0.2, 0.25) is 0 Å². The van der Waals surface area contributed by atoms with Gasteiger partial charge in [-0.1, -0.05) is 30.3 Å². The van der Waals surface area contributed by atoms with Crippen LogP contribution in [0.1, 0.15) is 23.7 Å². The molecule has 0 spiro atoms. The van der Waals surface area contributed by atoms with E-state index >= 15 is 0 Å². The van der Waals surface area contributed by atoms with Crippen LogP contribution in [-0.4, -0.2) is 66.5 Å². The summed E-state index contributed by atoms with van der Waals surface area (Å²) in [4.78, 5) is 21.5. The Balaban J connectivity index is 1.18. The monoisotopic (exact) mass is 532 g/mol. The van der Waals surface area contributed by atoms with Crippen LogP contribution in [0, 0.1) is 11.3 Å². The first-order valence-corrected chi connectivity index (χ1v) is 13.1. The second-order valence-corrected chi connectivity index (χ2v) is 9.91. The Morgan fingerprint density at radius 3 is 2.45 bits per heavy atom. The van der Waals surface area contributed by atoms with Gasteiger partial charge in [0, 0.05) is 74.1 Å². The highest BCUT2D eigenvalue weighted by molar-refractivity contribution is 5.87. The number of fused-ring (bicyclic) bond motifs is 1. The molecule has 1 aliphatic rings. The predicted octanol–water partition coefficient (Wildman–Crippen LogP) is 3.44. The largest absolute Gasteiger partial charge is 0.388 e. The van der Waals surface area contributed by atoms with E-state index in [0.29, 0.717) is 31.7 Å². The molecule has 1 amide bonds. The van der Waals surface area contributed by atoms with Gasteiger partial charge < -0.3 is 14.9 Å². The highest BCUT2D eigenvalue weighted by atomic mass is 16.3. The van der Waals surface area contributed by atoms with Crippen molar-refractivity contribution in [3.8, 4) is 28.3 Å². The van der Waals surface area contributed by atoms with Gasteiger partial charge in [-0.05, 0) is 23.8 Å². The minimum Gasteiger partial charge on any atom is -0.388 e. The number of pyridine rings is 2. The van der Waals surface area contributed by atoms with Crippen LogP contribution in [-0.2, 0) is 11.8 Å². The zero-order valence-corrected chi connectivity index (χ0v) is 22.1. The minimum absolute atomic E-state index is 0.0501. The smallest absolute Gasteiger partial charge is 0.225 e. The summed E-state index contributed by atoms with van der Waals surface area (Å²) >= 11 is 0. The SMILES string of the molecule is Cn1cc(-c2cc(-c3ccc(N4CCN(C(=O)CC(O)c5ccccc5)CC4)nc3)c3c(C#N)cnn3c2)cn1. The lowest BCUT2D eigenvalue weighted by Gasteiger charge is -2.35. The maximum absolute atomic E-state index is 12.8. The molecule has 4 aromatic heterocycles. The van der Waals surface area contributed by atoms with Gasteiger partial charge in [0.1, 0.15) is 11.9 Å². The third-order valence-corrected chi connectivity index (χ3v) is 7.34. The van der Waals surface area contributed by atoms with Gasteiger partial charge in [-0.25, -0.2) is 9.50 Å². The Morgan fingerprint density at radius 1 is 0.975 bits per heavy atom. The van der Waals surface area contributed by atoms with Gasteiger partial charge in [-0.2, -0.15) is 15.5 Å². The maximum Gasteiger partial charge on any atom is 0.225 e. The Morgan fingerprint density at radius 2 is 1.77 bits per heavy atom. The van der Waals surface area contributed by atoms with Crippen molar-refractivity contribution in [3.05, 3.63) is 90.6 Å².